The smallest absolute Gasteiger partial charge is 0.265 e. The summed E-state index contributed by atoms with van der Waals surface area (Å²) in [5.74, 6) is 0.242. The Labute approximate surface area is 169 Å². The highest BCUT2D eigenvalue weighted by Crippen LogP contribution is 2.35. The second kappa shape index (κ2) is 7.81. The van der Waals surface area contributed by atoms with Gasteiger partial charge in [0.15, 0.2) is 6.61 Å². The molecule has 7 heteroatoms. The van der Waals surface area contributed by atoms with Gasteiger partial charge in [-0.25, -0.2) is 0 Å². The Bertz CT molecular complexity index is 890. The molecule has 146 valence electrons. The van der Waals surface area contributed by atoms with Crippen LogP contribution < -0.4 is 9.64 Å². The predicted octanol–water partition coefficient (Wildman–Crippen LogP) is 2.58. The van der Waals surface area contributed by atoms with Crippen LogP contribution in [0.5, 0.6) is 5.75 Å². The lowest BCUT2D eigenvalue weighted by atomic mass is 10.0. The molecular weight excluding hydrogens is 378 g/mol. The first kappa shape index (κ1) is 18.8. The number of halogens is 1. The molecule has 0 N–H and O–H groups in total. The van der Waals surface area contributed by atoms with E-state index in [0.29, 0.717) is 23.0 Å². The highest BCUT2D eigenvalue weighted by molar-refractivity contribution is 6.31. The number of amides is 2. The van der Waals surface area contributed by atoms with Crippen LogP contribution in [-0.2, 0) is 9.59 Å². The Morgan fingerprint density at radius 2 is 1.96 bits per heavy atom. The fourth-order valence-electron chi connectivity index (χ4n) is 3.75. The van der Waals surface area contributed by atoms with E-state index in [0.717, 1.165) is 18.7 Å². The SMILES string of the molecule is CN1CCN(C(=O)CN2C(=O)COc3ccc(Cl)cc32)C(c2ccccc2)C1. The fraction of sp³-hybridized carbons (Fsp3) is 0.333. The standard InChI is InChI=1S/C21H22ClN3O3/c1-23-9-10-24(18(12-23)15-5-3-2-4-6-15)20(26)13-25-17-11-16(22)7-8-19(17)28-14-21(25)27/h2-8,11,18H,9-10,12-14H2,1H3. The monoisotopic (exact) mass is 399 g/mol. The predicted molar refractivity (Wildman–Crippen MR) is 108 cm³/mol. The molecule has 0 saturated carbocycles. The number of nitrogens with zero attached hydrogens (tertiary/aromatic N) is 3. The quantitative estimate of drug-likeness (QED) is 0.796. The molecule has 0 aliphatic carbocycles. The zero-order valence-electron chi connectivity index (χ0n) is 15.7. The maximum absolute atomic E-state index is 13.2. The first-order valence-electron chi connectivity index (χ1n) is 9.28. The summed E-state index contributed by atoms with van der Waals surface area (Å²) in [6.07, 6.45) is 0. The van der Waals surface area contributed by atoms with Gasteiger partial charge in [0.1, 0.15) is 12.3 Å². The Hall–Kier alpha value is -2.57. The lowest BCUT2D eigenvalue weighted by Crippen LogP contribution is -2.53. The van der Waals surface area contributed by atoms with Gasteiger partial charge in [-0.05, 0) is 30.8 Å². The Kier molecular flexibility index (Phi) is 5.24. The second-order valence-electron chi connectivity index (χ2n) is 7.16. The van der Waals surface area contributed by atoms with Crippen molar-refractivity contribution in [3.63, 3.8) is 0 Å². The molecule has 0 bridgehead atoms. The van der Waals surface area contributed by atoms with Crippen LogP contribution in [0.15, 0.2) is 48.5 Å². The zero-order valence-corrected chi connectivity index (χ0v) is 16.4. The number of rotatable bonds is 3. The minimum Gasteiger partial charge on any atom is -0.482 e. The van der Waals surface area contributed by atoms with Crippen molar-refractivity contribution in [2.24, 2.45) is 0 Å². The van der Waals surface area contributed by atoms with Crippen LogP contribution >= 0.6 is 11.6 Å². The molecule has 1 unspecified atom stereocenters. The van der Waals surface area contributed by atoms with Crippen molar-refractivity contribution < 1.29 is 14.3 Å². The van der Waals surface area contributed by atoms with Crippen molar-refractivity contribution in [1.29, 1.82) is 0 Å². The molecule has 0 aromatic heterocycles. The number of fused-ring (bicyclic) bond motifs is 1. The number of benzene rings is 2. The van der Waals surface area contributed by atoms with Crippen LogP contribution in [-0.4, -0.2) is 61.4 Å². The summed E-state index contributed by atoms with van der Waals surface area (Å²) >= 11 is 6.10. The van der Waals surface area contributed by atoms with Crippen molar-refractivity contribution >= 4 is 29.1 Å². The maximum Gasteiger partial charge on any atom is 0.265 e. The van der Waals surface area contributed by atoms with E-state index < -0.39 is 0 Å². The highest BCUT2D eigenvalue weighted by Gasteiger charge is 2.34. The van der Waals surface area contributed by atoms with Gasteiger partial charge in [0, 0.05) is 24.7 Å². The van der Waals surface area contributed by atoms with E-state index in [2.05, 4.69) is 11.9 Å². The minimum atomic E-state index is -0.242. The number of ether oxygens (including phenoxy) is 1. The molecule has 2 aliphatic rings. The van der Waals surface area contributed by atoms with Crippen LogP contribution in [0.4, 0.5) is 5.69 Å². The van der Waals surface area contributed by atoms with Gasteiger partial charge in [0.05, 0.1) is 11.7 Å². The van der Waals surface area contributed by atoms with E-state index in [-0.39, 0.29) is 31.0 Å². The second-order valence-corrected chi connectivity index (χ2v) is 7.59. The number of carbonyl (C=O) groups excluding carboxylic acids is 2. The van der Waals surface area contributed by atoms with Crippen LogP contribution in [0.2, 0.25) is 5.02 Å². The molecule has 4 rings (SSSR count). The number of hydrogen-bond donors (Lipinski definition) is 0. The van der Waals surface area contributed by atoms with Crippen molar-refractivity contribution in [3.8, 4) is 5.75 Å². The molecule has 0 spiro atoms. The van der Waals surface area contributed by atoms with E-state index in [4.69, 9.17) is 16.3 Å². The molecule has 1 atom stereocenters. The number of piperazine rings is 1. The van der Waals surface area contributed by atoms with Crippen LogP contribution in [0.3, 0.4) is 0 Å². The molecule has 1 fully saturated rings. The molecule has 28 heavy (non-hydrogen) atoms. The van der Waals surface area contributed by atoms with Gasteiger partial charge in [-0.2, -0.15) is 0 Å². The van der Waals surface area contributed by atoms with E-state index in [1.54, 1.807) is 18.2 Å². The summed E-state index contributed by atoms with van der Waals surface area (Å²) in [5, 5.41) is 0.497. The third-order valence-corrected chi connectivity index (χ3v) is 5.48. The molecule has 1 saturated heterocycles. The van der Waals surface area contributed by atoms with Gasteiger partial charge in [-0.15, -0.1) is 0 Å². The molecule has 0 radical (unpaired) electrons. The molecule has 6 nitrogen and oxygen atoms in total. The van der Waals surface area contributed by atoms with Gasteiger partial charge >= 0.3 is 0 Å². The minimum absolute atomic E-state index is 0.0252. The van der Waals surface area contributed by atoms with Crippen LogP contribution in [0.1, 0.15) is 11.6 Å². The van der Waals surface area contributed by atoms with Gasteiger partial charge in [-0.3, -0.25) is 14.5 Å². The molecular formula is C21H22ClN3O3. The van der Waals surface area contributed by atoms with Crippen molar-refractivity contribution in [2.45, 2.75) is 6.04 Å². The number of likely N-dealkylation sites (N-methyl/N-ethyl adjacent to an activating group) is 1. The molecule has 2 aromatic rings. The highest BCUT2D eigenvalue weighted by atomic mass is 35.5. The third kappa shape index (κ3) is 3.70. The summed E-state index contributed by atoms with van der Waals surface area (Å²) in [7, 11) is 2.06. The fourth-order valence-corrected chi connectivity index (χ4v) is 3.92. The topological polar surface area (TPSA) is 53.1 Å². The van der Waals surface area contributed by atoms with E-state index in [1.165, 1.54) is 4.90 Å². The van der Waals surface area contributed by atoms with Crippen molar-refractivity contribution in [1.82, 2.24) is 9.80 Å². The van der Waals surface area contributed by atoms with Gasteiger partial charge in [-0.1, -0.05) is 41.9 Å². The zero-order chi connectivity index (χ0) is 19.7. The average molecular weight is 400 g/mol. The first-order chi connectivity index (χ1) is 13.5. The van der Waals surface area contributed by atoms with Gasteiger partial charge in [0.2, 0.25) is 5.91 Å². The number of carbonyl (C=O) groups is 2. The average Bonchev–Trinajstić information content (AvgIpc) is 2.70. The van der Waals surface area contributed by atoms with Crippen LogP contribution in [0.25, 0.3) is 0 Å². The molecule has 2 aromatic carbocycles. The third-order valence-electron chi connectivity index (χ3n) is 5.25. The number of hydrogen-bond acceptors (Lipinski definition) is 4. The van der Waals surface area contributed by atoms with Crippen molar-refractivity contribution in [3.05, 3.63) is 59.1 Å². The molecule has 2 aliphatic heterocycles. The Morgan fingerprint density at radius 1 is 1.18 bits per heavy atom. The van der Waals surface area contributed by atoms with Gasteiger partial charge < -0.3 is 14.5 Å². The summed E-state index contributed by atoms with van der Waals surface area (Å²) in [6.45, 7) is 2.08. The lowest BCUT2D eigenvalue weighted by molar-refractivity contribution is -0.136. The first-order valence-corrected chi connectivity index (χ1v) is 9.66. The Balaban J connectivity index is 1.59. The van der Waals surface area contributed by atoms with E-state index in [9.17, 15) is 9.59 Å². The largest absolute Gasteiger partial charge is 0.482 e. The molecule has 2 heterocycles. The summed E-state index contributed by atoms with van der Waals surface area (Å²) in [4.78, 5) is 31.3. The number of anilines is 1. The van der Waals surface area contributed by atoms with Crippen LogP contribution in [0, 0.1) is 0 Å². The summed E-state index contributed by atoms with van der Waals surface area (Å²) in [5.41, 5.74) is 1.64. The lowest BCUT2D eigenvalue weighted by Gasteiger charge is -2.41. The summed E-state index contributed by atoms with van der Waals surface area (Å²) < 4.78 is 5.47. The Morgan fingerprint density at radius 3 is 2.75 bits per heavy atom. The van der Waals surface area contributed by atoms with E-state index >= 15 is 0 Å². The molecule has 2 amide bonds. The normalized spacial score (nSPS) is 19.9. The maximum atomic E-state index is 13.2. The summed E-state index contributed by atoms with van der Waals surface area (Å²) in [6, 6.07) is 15.1. The van der Waals surface area contributed by atoms with Gasteiger partial charge in [0.25, 0.3) is 5.91 Å². The van der Waals surface area contributed by atoms with E-state index in [1.807, 2.05) is 35.2 Å². The van der Waals surface area contributed by atoms with Crippen molar-refractivity contribution in [2.75, 3.05) is 44.7 Å².